The maximum atomic E-state index is 10.5. The number of rotatable bonds is 4. The molecule has 0 aromatic carbocycles. The van der Waals surface area contributed by atoms with Gasteiger partial charge >= 0.3 is 5.97 Å². The predicted octanol–water partition coefficient (Wildman–Crippen LogP) is 1.31. The number of nitrogens with one attached hydrogen (secondary N) is 1. The van der Waals surface area contributed by atoms with Gasteiger partial charge in [-0.1, -0.05) is 20.8 Å². The van der Waals surface area contributed by atoms with E-state index in [1.54, 1.807) is 16.6 Å². The van der Waals surface area contributed by atoms with E-state index in [9.17, 15) is 4.79 Å². The number of nitrogens with zero attached hydrogens (tertiary/aromatic N) is 4. The number of aliphatic carboxylic acids is 1. The van der Waals surface area contributed by atoms with Gasteiger partial charge < -0.3 is 10.4 Å². The Morgan fingerprint density at radius 1 is 1.37 bits per heavy atom. The first-order valence-corrected chi connectivity index (χ1v) is 6.06. The molecule has 0 spiro atoms. The van der Waals surface area contributed by atoms with Crippen LogP contribution in [0, 0.1) is 0 Å². The molecule has 102 valence electrons. The third-order valence-electron chi connectivity index (χ3n) is 2.58. The van der Waals surface area contributed by atoms with Crippen LogP contribution in [-0.4, -0.2) is 37.4 Å². The molecule has 19 heavy (non-hydrogen) atoms. The molecule has 0 aliphatic rings. The van der Waals surface area contributed by atoms with Gasteiger partial charge in [0, 0.05) is 12.0 Å². The number of hydrogen-bond acceptors (Lipinski definition) is 5. The van der Waals surface area contributed by atoms with E-state index < -0.39 is 5.97 Å². The van der Waals surface area contributed by atoms with Crippen LogP contribution in [0.3, 0.4) is 0 Å². The normalized spacial score (nSPS) is 11.7. The molecule has 7 heteroatoms. The molecule has 2 heterocycles. The molecule has 0 fully saturated rings. The topological polar surface area (TPSA) is 92.4 Å². The summed E-state index contributed by atoms with van der Waals surface area (Å²) in [6.45, 7) is 6.45. The highest BCUT2D eigenvalue weighted by molar-refractivity contribution is 5.67. The van der Waals surface area contributed by atoms with Crippen LogP contribution in [0.4, 0.5) is 5.82 Å². The van der Waals surface area contributed by atoms with Crippen molar-refractivity contribution in [1.82, 2.24) is 19.8 Å². The summed E-state index contributed by atoms with van der Waals surface area (Å²) in [5.74, 6) is 0.539. The molecular formula is C12H17N5O2. The van der Waals surface area contributed by atoms with E-state index in [0.717, 1.165) is 5.82 Å². The summed E-state index contributed by atoms with van der Waals surface area (Å²) in [5.41, 5.74) is 0.514. The first-order valence-electron chi connectivity index (χ1n) is 6.06. The molecule has 7 nitrogen and oxygen atoms in total. The zero-order chi connectivity index (χ0) is 14.0. The predicted molar refractivity (Wildman–Crippen MR) is 70.2 cm³/mol. The molecular weight excluding hydrogens is 246 g/mol. The van der Waals surface area contributed by atoms with Crippen LogP contribution >= 0.6 is 0 Å². The number of aromatic nitrogens is 4. The molecule has 0 saturated carbocycles. The molecule has 2 aromatic heterocycles. The second-order valence-electron chi connectivity index (χ2n) is 5.33. The molecule has 0 aliphatic heterocycles. The van der Waals surface area contributed by atoms with Gasteiger partial charge in [0.05, 0.1) is 6.42 Å². The van der Waals surface area contributed by atoms with Crippen molar-refractivity contribution in [3.63, 3.8) is 0 Å². The SMILES string of the molecule is CC(C)(C)c1nnc2ccc(NCCC(=O)O)nn12. The van der Waals surface area contributed by atoms with Gasteiger partial charge in [-0.2, -0.15) is 4.52 Å². The minimum Gasteiger partial charge on any atom is -0.481 e. The van der Waals surface area contributed by atoms with Gasteiger partial charge in [-0.15, -0.1) is 15.3 Å². The van der Waals surface area contributed by atoms with Crippen molar-refractivity contribution in [2.45, 2.75) is 32.6 Å². The number of hydrogen-bond donors (Lipinski definition) is 2. The van der Waals surface area contributed by atoms with E-state index in [0.29, 0.717) is 18.0 Å². The lowest BCUT2D eigenvalue weighted by atomic mass is 9.96. The molecule has 0 unspecified atom stereocenters. The van der Waals surface area contributed by atoms with Crippen LogP contribution in [0.2, 0.25) is 0 Å². The van der Waals surface area contributed by atoms with Crippen LogP contribution in [-0.2, 0) is 10.2 Å². The number of carboxylic acids is 1. The summed E-state index contributed by atoms with van der Waals surface area (Å²) in [4.78, 5) is 10.5. The maximum absolute atomic E-state index is 10.5. The highest BCUT2D eigenvalue weighted by Gasteiger charge is 2.21. The average molecular weight is 263 g/mol. The Balaban J connectivity index is 2.26. The van der Waals surface area contributed by atoms with Gasteiger partial charge in [0.25, 0.3) is 0 Å². The summed E-state index contributed by atoms with van der Waals surface area (Å²) >= 11 is 0. The summed E-state index contributed by atoms with van der Waals surface area (Å²) in [7, 11) is 0. The summed E-state index contributed by atoms with van der Waals surface area (Å²) in [6, 6.07) is 3.57. The van der Waals surface area contributed by atoms with Crippen LogP contribution in [0.25, 0.3) is 5.65 Å². The second-order valence-corrected chi connectivity index (χ2v) is 5.33. The lowest BCUT2D eigenvalue weighted by molar-refractivity contribution is -0.136. The molecule has 2 N–H and O–H groups in total. The van der Waals surface area contributed by atoms with E-state index in [2.05, 4.69) is 20.6 Å². The van der Waals surface area contributed by atoms with Gasteiger partial charge in [0.15, 0.2) is 11.5 Å². The standard InChI is InChI=1S/C12H17N5O2/c1-12(2,3)11-15-14-9-5-4-8(16-17(9)11)13-7-6-10(18)19/h4-5H,6-7H2,1-3H3,(H,13,16)(H,18,19). The third kappa shape index (κ3) is 2.98. The van der Waals surface area contributed by atoms with Crippen LogP contribution in [0.5, 0.6) is 0 Å². The summed E-state index contributed by atoms with van der Waals surface area (Å²) < 4.78 is 1.68. The molecule has 0 atom stereocenters. The van der Waals surface area contributed by atoms with Crippen molar-refractivity contribution in [2.24, 2.45) is 0 Å². The van der Waals surface area contributed by atoms with Gasteiger partial charge in [-0.25, -0.2) is 0 Å². The highest BCUT2D eigenvalue weighted by atomic mass is 16.4. The van der Waals surface area contributed by atoms with Gasteiger partial charge in [-0.3, -0.25) is 4.79 Å². The Morgan fingerprint density at radius 3 is 2.74 bits per heavy atom. The fraction of sp³-hybridized carbons (Fsp3) is 0.500. The minimum atomic E-state index is -0.840. The Bertz CT molecular complexity index is 600. The molecule has 2 rings (SSSR count). The van der Waals surface area contributed by atoms with Gasteiger partial charge in [-0.05, 0) is 12.1 Å². The number of carboxylic acid groups (broad SMARTS) is 1. The number of carbonyl (C=O) groups is 1. The number of anilines is 1. The Hall–Kier alpha value is -2.18. The molecule has 0 aliphatic carbocycles. The Morgan fingerprint density at radius 2 is 2.11 bits per heavy atom. The van der Waals surface area contributed by atoms with Crippen LogP contribution in [0.15, 0.2) is 12.1 Å². The molecule has 0 amide bonds. The van der Waals surface area contributed by atoms with Crippen molar-refractivity contribution in [1.29, 1.82) is 0 Å². The zero-order valence-electron chi connectivity index (χ0n) is 11.2. The maximum Gasteiger partial charge on any atom is 0.305 e. The van der Waals surface area contributed by atoms with E-state index in [1.165, 1.54) is 0 Å². The van der Waals surface area contributed by atoms with E-state index in [4.69, 9.17) is 5.11 Å². The Labute approximate surface area is 110 Å². The largest absolute Gasteiger partial charge is 0.481 e. The fourth-order valence-electron chi connectivity index (χ4n) is 1.65. The summed E-state index contributed by atoms with van der Waals surface area (Å²) in [5, 5.41) is 24.2. The Kier molecular flexibility index (Phi) is 3.37. The minimum absolute atomic E-state index is 0.0496. The van der Waals surface area contributed by atoms with Crippen LogP contribution < -0.4 is 5.32 Å². The second kappa shape index (κ2) is 4.83. The summed E-state index contributed by atoms with van der Waals surface area (Å²) in [6.07, 6.45) is 0.0496. The van der Waals surface area contributed by atoms with Gasteiger partial charge in [0.2, 0.25) is 0 Å². The van der Waals surface area contributed by atoms with Crippen LogP contribution in [0.1, 0.15) is 33.0 Å². The van der Waals surface area contributed by atoms with Crippen molar-refractivity contribution >= 4 is 17.4 Å². The smallest absolute Gasteiger partial charge is 0.305 e. The van der Waals surface area contributed by atoms with Crippen molar-refractivity contribution in [3.8, 4) is 0 Å². The van der Waals surface area contributed by atoms with E-state index in [-0.39, 0.29) is 11.8 Å². The quantitative estimate of drug-likeness (QED) is 0.864. The fourth-order valence-corrected chi connectivity index (χ4v) is 1.65. The van der Waals surface area contributed by atoms with Crippen molar-refractivity contribution in [2.75, 3.05) is 11.9 Å². The first kappa shape index (κ1) is 13.3. The highest BCUT2D eigenvalue weighted by Crippen LogP contribution is 2.20. The lowest BCUT2D eigenvalue weighted by Crippen LogP contribution is -2.18. The number of fused-ring (bicyclic) bond motifs is 1. The monoisotopic (exact) mass is 263 g/mol. The van der Waals surface area contributed by atoms with Crippen molar-refractivity contribution in [3.05, 3.63) is 18.0 Å². The average Bonchev–Trinajstić information content (AvgIpc) is 2.71. The molecule has 0 bridgehead atoms. The first-order chi connectivity index (χ1) is 8.88. The van der Waals surface area contributed by atoms with Crippen molar-refractivity contribution < 1.29 is 9.90 Å². The van der Waals surface area contributed by atoms with E-state index >= 15 is 0 Å². The third-order valence-corrected chi connectivity index (χ3v) is 2.58. The molecule has 2 aromatic rings. The molecule has 0 radical (unpaired) electrons. The zero-order valence-corrected chi connectivity index (χ0v) is 11.2. The molecule has 0 saturated heterocycles. The van der Waals surface area contributed by atoms with Gasteiger partial charge in [0.1, 0.15) is 5.82 Å². The lowest BCUT2D eigenvalue weighted by Gasteiger charge is -2.15. The van der Waals surface area contributed by atoms with E-state index in [1.807, 2.05) is 20.8 Å².